The van der Waals surface area contributed by atoms with E-state index < -0.39 is 23.7 Å². The van der Waals surface area contributed by atoms with Crippen LogP contribution in [-0.2, 0) is 10.4 Å². The van der Waals surface area contributed by atoms with Crippen molar-refractivity contribution in [2.75, 3.05) is 5.32 Å². The highest BCUT2D eigenvalue weighted by Gasteiger charge is 2.49. The average molecular weight is 428 g/mol. The van der Waals surface area contributed by atoms with Gasteiger partial charge in [-0.05, 0) is 48.5 Å². The summed E-state index contributed by atoms with van der Waals surface area (Å²) in [5.41, 5.74) is -1.41. The van der Waals surface area contributed by atoms with Crippen LogP contribution in [0.4, 0.5) is 5.69 Å². The smallest absolute Gasteiger partial charge is 0.261 e. The summed E-state index contributed by atoms with van der Waals surface area (Å²) in [6, 6.07) is 18.7. The zero-order valence-electron chi connectivity index (χ0n) is 15.0. The van der Waals surface area contributed by atoms with Crippen LogP contribution in [0.3, 0.4) is 0 Å². The molecule has 0 aliphatic carbocycles. The van der Waals surface area contributed by atoms with Crippen LogP contribution in [0, 0.1) is 0 Å². The summed E-state index contributed by atoms with van der Waals surface area (Å²) in [5, 5.41) is 13.9. The molecule has 0 saturated heterocycles. The number of amides is 1. The molecule has 1 unspecified atom stereocenters. The van der Waals surface area contributed by atoms with E-state index in [4.69, 9.17) is 27.9 Å². The van der Waals surface area contributed by atoms with E-state index in [2.05, 4.69) is 5.32 Å². The van der Waals surface area contributed by atoms with Crippen LogP contribution in [0.2, 0.25) is 10.0 Å². The molecule has 1 heterocycles. The van der Waals surface area contributed by atoms with Crippen molar-refractivity contribution >= 4 is 40.6 Å². The lowest BCUT2D eigenvalue weighted by molar-refractivity contribution is -0.133. The molecule has 1 aliphatic rings. The second-order valence-corrected chi connectivity index (χ2v) is 7.45. The molecular weight excluding hydrogens is 413 g/mol. The largest absolute Gasteiger partial charge is 0.457 e. The third-order valence-electron chi connectivity index (χ3n) is 4.70. The van der Waals surface area contributed by atoms with E-state index in [-0.39, 0.29) is 21.3 Å². The van der Waals surface area contributed by atoms with Crippen LogP contribution in [0.25, 0.3) is 0 Å². The second kappa shape index (κ2) is 7.52. The quantitative estimate of drug-likeness (QED) is 0.548. The Kier molecular flexibility index (Phi) is 5.04. The van der Waals surface area contributed by atoms with Crippen molar-refractivity contribution in [1.29, 1.82) is 0 Å². The SMILES string of the molecule is O=C(CC1(O)C(=O)Nc2c(Cl)ccc(Cl)c21)c1ccc(Oc2ccccc2)cc1. The molecule has 4 rings (SSSR count). The van der Waals surface area contributed by atoms with Gasteiger partial charge in [0.05, 0.1) is 17.1 Å². The summed E-state index contributed by atoms with van der Waals surface area (Å²) in [6.07, 6.45) is -0.467. The lowest BCUT2D eigenvalue weighted by Gasteiger charge is -2.21. The normalized spacial score (nSPS) is 17.6. The first kappa shape index (κ1) is 19.5. The number of para-hydroxylation sites is 1. The Morgan fingerprint density at radius 2 is 1.55 bits per heavy atom. The fraction of sp³-hybridized carbons (Fsp3) is 0.0909. The standard InChI is InChI=1S/C22H15Cl2NO4/c23-16-10-11-17(24)20-19(16)22(28,21(27)25-20)12-18(26)13-6-8-15(9-7-13)29-14-4-2-1-3-5-14/h1-11,28H,12H2,(H,25,27). The van der Waals surface area contributed by atoms with Crippen molar-refractivity contribution < 1.29 is 19.4 Å². The van der Waals surface area contributed by atoms with E-state index in [1.807, 2.05) is 30.3 Å². The molecule has 146 valence electrons. The number of hydrogen-bond donors (Lipinski definition) is 2. The maximum absolute atomic E-state index is 12.8. The number of anilines is 1. The van der Waals surface area contributed by atoms with Crippen molar-refractivity contribution in [1.82, 2.24) is 0 Å². The maximum atomic E-state index is 12.8. The van der Waals surface area contributed by atoms with Gasteiger partial charge in [-0.2, -0.15) is 0 Å². The molecular formula is C22H15Cl2NO4. The van der Waals surface area contributed by atoms with E-state index in [1.54, 1.807) is 24.3 Å². The maximum Gasteiger partial charge on any atom is 0.261 e. The number of benzene rings is 3. The molecule has 2 N–H and O–H groups in total. The number of Topliss-reactive ketones (excluding diaryl/α,β-unsaturated/α-hetero) is 1. The third-order valence-corrected chi connectivity index (χ3v) is 5.33. The minimum Gasteiger partial charge on any atom is -0.457 e. The van der Waals surface area contributed by atoms with E-state index in [1.165, 1.54) is 12.1 Å². The number of ether oxygens (including phenoxy) is 1. The topological polar surface area (TPSA) is 75.6 Å². The van der Waals surface area contributed by atoms with Crippen LogP contribution >= 0.6 is 23.2 Å². The van der Waals surface area contributed by atoms with Gasteiger partial charge >= 0.3 is 0 Å². The van der Waals surface area contributed by atoms with Gasteiger partial charge in [-0.25, -0.2) is 0 Å². The van der Waals surface area contributed by atoms with Gasteiger partial charge in [-0.3, -0.25) is 9.59 Å². The highest BCUT2D eigenvalue weighted by Crippen LogP contribution is 2.46. The fourth-order valence-electron chi connectivity index (χ4n) is 3.25. The summed E-state index contributed by atoms with van der Waals surface area (Å²) in [5.74, 6) is 0.0783. The summed E-state index contributed by atoms with van der Waals surface area (Å²) < 4.78 is 5.70. The van der Waals surface area contributed by atoms with Crippen molar-refractivity contribution in [2.45, 2.75) is 12.0 Å². The molecule has 3 aromatic carbocycles. The molecule has 29 heavy (non-hydrogen) atoms. The summed E-state index contributed by atoms with van der Waals surface area (Å²) in [7, 11) is 0. The second-order valence-electron chi connectivity index (χ2n) is 6.63. The molecule has 7 heteroatoms. The first-order valence-electron chi connectivity index (χ1n) is 8.77. The number of aliphatic hydroxyl groups is 1. The Hall–Kier alpha value is -2.86. The Morgan fingerprint density at radius 3 is 2.24 bits per heavy atom. The van der Waals surface area contributed by atoms with Gasteiger partial charge in [-0.15, -0.1) is 0 Å². The Labute approximate surface area is 176 Å². The van der Waals surface area contributed by atoms with Gasteiger partial charge in [0.15, 0.2) is 11.4 Å². The Balaban J connectivity index is 1.56. The van der Waals surface area contributed by atoms with E-state index in [9.17, 15) is 14.7 Å². The molecule has 1 atom stereocenters. The summed E-state index contributed by atoms with van der Waals surface area (Å²) in [4.78, 5) is 25.2. The molecule has 0 radical (unpaired) electrons. The molecule has 1 aliphatic heterocycles. The first-order valence-corrected chi connectivity index (χ1v) is 9.52. The highest BCUT2D eigenvalue weighted by atomic mass is 35.5. The molecule has 0 spiro atoms. The first-order chi connectivity index (χ1) is 13.9. The van der Waals surface area contributed by atoms with Gasteiger partial charge in [-0.1, -0.05) is 41.4 Å². The van der Waals surface area contributed by atoms with E-state index in [0.717, 1.165) is 0 Å². The number of carbonyl (C=O) groups excluding carboxylic acids is 2. The predicted octanol–water partition coefficient (Wildman–Crippen LogP) is 5.20. The van der Waals surface area contributed by atoms with Gasteiger partial charge in [0.2, 0.25) is 0 Å². The molecule has 0 saturated carbocycles. The van der Waals surface area contributed by atoms with Crippen LogP contribution in [0.15, 0.2) is 66.7 Å². The van der Waals surface area contributed by atoms with E-state index in [0.29, 0.717) is 17.1 Å². The minimum absolute atomic E-state index is 0.119. The summed E-state index contributed by atoms with van der Waals surface area (Å²) in [6.45, 7) is 0. The lowest BCUT2D eigenvalue weighted by Crippen LogP contribution is -2.36. The third kappa shape index (κ3) is 3.60. The molecule has 0 fully saturated rings. The van der Waals surface area contributed by atoms with Crippen LogP contribution in [0.5, 0.6) is 11.5 Å². The van der Waals surface area contributed by atoms with Gasteiger partial charge in [0, 0.05) is 16.1 Å². The fourth-order valence-corrected chi connectivity index (χ4v) is 3.76. The zero-order valence-corrected chi connectivity index (χ0v) is 16.5. The van der Waals surface area contributed by atoms with Crippen molar-refractivity contribution in [3.05, 3.63) is 87.9 Å². The van der Waals surface area contributed by atoms with Crippen molar-refractivity contribution in [2.24, 2.45) is 0 Å². The van der Waals surface area contributed by atoms with Gasteiger partial charge in [0.1, 0.15) is 11.5 Å². The van der Waals surface area contributed by atoms with Crippen LogP contribution in [-0.4, -0.2) is 16.8 Å². The number of rotatable bonds is 5. The number of fused-ring (bicyclic) bond motifs is 1. The Morgan fingerprint density at radius 1 is 0.931 bits per heavy atom. The number of hydrogen-bond acceptors (Lipinski definition) is 4. The monoisotopic (exact) mass is 427 g/mol. The molecule has 1 amide bonds. The molecule has 0 bridgehead atoms. The average Bonchev–Trinajstić information content (AvgIpc) is 2.98. The van der Waals surface area contributed by atoms with Gasteiger partial charge < -0.3 is 15.2 Å². The number of carbonyl (C=O) groups is 2. The lowest BCUT2D eigenvalue weighted by atomic mass is 9.88. The molecule has 3 aromatic rings. The summed E-state index contributed by atoms with van der Waals surface area (Å²) >= 11 is 12.3. The highest BCUT2D eigenvalue weighted by molar-refractivity contribution is 6.38. The number of nitrogens with one attached hydrogen (secondary N) is 1. The van der Waals surface area contributed by atoms with Crippen LogP contribution < -0.4 is 10.1 Å². The minimum atomic E-state index is -2.09. The van der Waals surface area contributed by atoms with Crippen molar-refractivity contribution in [3.63, 3.8) is 0 Å². The molecule has 5 nitrogen and oxygen atoms in total. The van der Waals surface area contributed by atoms with Crippen molar-refractivity contribution in [3.8, 4) is 11.5 Å². The van der Waals surface area contributed by atoms with E-state index >= 15 is 0 Å². The predicted molar refractivity (Wildman–Crippen MR) is 111 cm³/mol. The molecule has 0 aromatic heterocycles. The number of ketones is 1. The van der Waals surface area contributed by atoms with Crippen LogP contribution in [0.1, 0.15) is 22.3 Å². The zero-order chi connectivity index (χ0) is 20.6. The number of halogens is 2. The van der Waals surface area contributed by atoms with Gasteiger partial charge in [0.25, 0.3) is 5.91 Å². The Bertz CT molecular complexity index is 1100.